The molecule has 164 valence electrons. The normalized spacial score (nSPS) is 19.9. The van der Waals surface area contributed by atoms with Gasteiger partial charge in [-0.1, -0.05) is 37.5 Å². The SMILES string of the molecule is CN=C(NCCc1ccccc1OC)NCC1(N2CCOCC2)CCCCC1.I. The van der Waals surface area contributed by atoms with Crippen LogP contribution in [0.4, 0.5) is 0 Å². The lowest BCUT2D eigenvalue weighted by molar-refractivity contribution is -0.0352. The Labute approximate surface area is 192 Å². The van der Waals surface area contributed by atoms with Crippen molar-refractivity contribution in [2.75, 3.05) is 53.6 Å². The van der Waals surface area contributed by atoms with E-state index in [1.54, 1.807) is 7.11 Å². The number of ether oxygens (including phenoxy) is 2. The standard InChI is InChI=1S/C22H36N4O2.HI/c1-23-21(24-13-10-19-8-4-5-9-20(19)27-2)25-18-22(11-6-3-7-12-22)26-14-16-28-17-15-26;/h4-5,8-9H,3,6-7,10-18H2,1-2H3,(H2,23,24,25);1H. The van der Waals surface area contributed by atoms with Crippen molar-refractivity contribution in [2.24, 2.45) is 4.99 Å². The smallest absolute Gasteiger partial charge is 0.191 e. The van der Waals surface area contributed by atoms with Crippen LogP contribution in [-0.2, 0) is 11.2 Å². The summed E-state index contributed by atoms with van der Waals surface area (Å²) in [7, 11) is 3.57. The van der Waals surface area contributed by atoms with E-state index in [1.165, 1.54) is 37.7 Å². The predicted molar refractivity (Wildman–Crippen MR) is 130 cm³/mol. The van der Waals surface area contributed by atoms with Gasteiger partial charge in [0, 0.05) is 38.8 Å². The number of nitrogens with one attached hydrogen (secondary N) is 2. The molecule has 1 aliphatic heterocycles. The lowest BCUT2D eigenvalue weighted by Gasteiger charge is -2.48. The lowest BCUT2D eigenvalue weighted by atomic mass is 9.80. The van der Waals surface area contributed by atoms with E-state index in [9.17, 15) is 0 Å². The van der Waals surface area contributed by atoms with Gasteiger partial charge in [-0.25, -0.2) is 0 Å². The van der Waals surface area contributed by atoms with Crippen LogP contribution in [-0.4, -0.2) is 69.9 Å². The van der Waals surface area contributed by atoms with Crippen LogP contribution < -0.4 is 15.4 Å². The Morgan fingerprint density at radius 3 is 2.55 bits per heavy atom. The van der Waals surface area contributed by atoms with Crippen molar-refractivity contribution in [2.45, 2.75) is 44.1 Å². The first-order valence-corrected chi connectivity index (χ1v) is 10.7. The van der Waals surface area contributed by atoms with E-state index in [4.69, 9.17) is 9.47 Å². The van der Waals surface area contributed by atoms with Gasteiger partial charge in [0.25, 0.3) is 0 Å². The number of guanidine groups is 1. The summed E-state index contributed by atoms with van der Waals surface area (Å²) in [5.74, 6) is 1.83. The third kappa shape index (κ3) is 6.72. The highest BCUT2D eigenvalue weighted by atomic mass is 127. The zero-order chi connectivity index (χ0) is 19.7. The molecule has 0 amide bonds. The first-order valence-electron chi connectivity index (χ1n) is 10.7. The van der Waals surface area contributed by atoms with Crippen molar-refractivity contribution in [1.82, 2.24) is 15.5 Å². The van der Waals surface area contributed by atoms with Crippen LogP contribution in [0.1, 0.15) is 37.7 Å². The molecule has 1 aromatic rings. The fraction of sp³-hybridized carbons (Fsp3) is 0.682. The Hall–Kier alpha value is -1.06. The maximum absolute atomic E-state index is 5.59. The molecule has 2 aliphatic rings. The molecule has 0 atom stereocenters. The van der Waals surface area contributed by atoms with Crippen molar-refractivity contribution in [3.05, 3.63) is 29.8 Å². The third-order valence-electron chi connectivity index (χ3n) is 6.15. The van der Waals surface area contributed by atoms with E-state index in [1.807, 2.05) is 19.2 Å². The molecule has 7 heteroatoms. The van der Waals surface area contributed by atoms with Crippen LogP contribution in [0.5, 0.6) is 5.75 Å². The van der Waals surface area contributed by atoms with Crippen LogP contribution in [0.25, 0.3) is 0 Å². The molecule has 2 N–H and O–H groups in total. The second-order valence-electron chi connectivity index (χ2n) is 7.80. The number of hydrogen-bond acceptors (Lipinski definition) is 4. The fourth-order valence-electron chi connectivity index (χ4n) is 4.55. The molecule has 29 heavy (non-hydrogen) atoms. The third-order valence-corrected chi connectivity index (χ3v) is 6.15. The van der Waals surface area contributed by atoms with Gasteiger partial charge in [0.15, 0.2) is 5.96 Å². The minimum Gasteiger partial charge on any atom is -0.496 e. The van der Waals surface area contributed by atoms with Gasteiger partial charge in [-0.3, -0.25) is 9.89 Å². The molecule has 2 fully saturated rings. The minimum atomic E-state index is 0. The van der Waals surface area contributed by atoms with Crippen LogP contribution in [0, 0.1) is 0 Å². The number of hydrogen-bond donors (Lipinski definition) is 2. The molecule has 1 heterocycles. The molecule has 0 aromatic heterocycles. The van der Waals surface area contributed by atoms with E-state index in [2.05, 4.69) is 32.7 Å². The van der Waals surface area contributed by atoms with Crippen LogP contribution >= 0.6 is 24.0 Å². The number of nitrogens with zero attached hydrogens (tertiary/aromatic N) is 2. The van der Waals surface area contributed by atoms with E-state index in [0.717, 1.165) is 57.5 Å². The van der Waals surface area contributed by atoms with Crippen molar-refractivity contribution in [3.8, 4) is 5.75 Å². The first kappa shape index (κ1) is 24.2. The predicted octanol–water partition coefficient (Wildman–Crippen LogP) is 3.06. The number of methoxy groups -OCH3 is 1. The average Bonchev–Trinajstić information content (AvgIpc) is 2.77. The lowest BCUT2D eigenvalue weighted by Crippen LogP contribution is -2.60. The Balaban J connectivity index is 0.00000300. The zero-order valence-corrected chi connectivity index (χ0v) is 20.2. The molecular formula is C22H37IN4O2. The summed E-state index contributed by atoms with van der Waals surface area (Å²) in [4.78, 5) is 7.10. The van der Waals surface area contributed by atoms with Crippen molar-refractivity contribution >= 4 is 29.9 Å². The van der Waals surface area contributed by atoms with Crippen molar-refractivity contribution < 1.29 is 9.47 Å². The largest absolute Gasteiger partial charge is 0.496 e. The number of morpholine rings is 1. The summed E-state index contributed by atoms with van der Waals surface area (Å²) >= 11 is 0. The highest BCUT2D eigenvalue weighted by molar-refractivity contribution is 14.0. The van der Waals surface area contributed by atoms with Crippen molar-refractivity contribution in [1.29, 1.82) is 0 Å². The summed E-state index contributed by atoms with van der Waals surface area (Å²) in [5, 5.41) is 7.09. The summed E-state index contributed by atoms with van der Waals surface area (Å²) in [6, 6.07) is 8.19. The maximum atomic E-state index is 5.59. The van der Waals surface area contributed by atoms with Crippen LogP contribution in [0.3, 0.4) is 0 Å². The second-order valence-corrected chi connectivity index (χ2v) is 7.80. The van der Waals surface area contributed by atoms with Gasteiger partial charge in [0.1, 0.15) is 5.75 Å². The molecule has 0 radical (unpaired) electrons. The molecule has 1 saturated heterocycles. The highest BCUT2D eigenvalue weighted by Gasteiger charge is 2.38. The number of rotatable bonds is 7. The van der Waals surface area contributed by atoms with Crippen LogP contribution in [0.15, 0.2) is 29.3 Å². The van der Waals surface area contributed by atoms with E-state index >= 15 is 0 Å². The summed E-state index contributed by atoms with van der Waals surface area (Å²) in [6.07, 6.45) is 7.42. The molecule has 1 saturated carbocycles. The summed E-state index contributed by atoms with van der Waals surface area (Å²) in [6.45, 7) is 5.57. The van der Waals surface area contributed by atoms with Crippen LogP contribution in [0.2, 0.25) is 0 Å². The molecule has 3 rings (SSSR count). The number of halogens is 1. The van der Waals surface area contributed by atoms with Crippen molar-refractivity contribution in [3.63, 3.8) is 0 Å². The monoisotopic (exact) mass is 516 g/mol. The molecular weight excluding hydrogens is 479 g/mol. The summed E-state index contributed by atoms with van der Waals surface area (Å²) in [5.41, 5.74) is 1.45. The molecule has 1 aliphatic carbocycles. The Morgan fingerprint density at radius 2 is 1.86 bits per heavy atom. The maximum Gasteiger partial charge on any atom is 0.191 e. The van der Waals surface area contributed by atoms with Gasteiger partial charge in [-0.15, -0.1) is 24.0 Å². The van der Waals surface area contributed by atoms with Gasteiger partial charge < -0.3 is 20.1 Å². The number of para-hydroxylation sites is 1. The van der Waals surface area contributed by atoms with E-state index in [0.29, 0.717) is 0 Å². The topological polar surface area (TPSA) is 58.1 Å². The average molecular weight is 516 g/mol. The summed E-state index contributed by atoms with van der Waals surface area (Å²) < 4.78 is 11.0. The molecule has 0 unspecified atom stereocenters. The Bertz CT molecular complexity index is 629. The molecule has 0 spiro atoms. The van der Waals surface area contributed by atoms with Gasteiger partial charge >= 0.3 is 0 Å². The van der Waals surface area contributed by atoms with Gasteiger partial charge in [-0.05, 0) is 30.9 Å². The van der Waals surface area contributed by atoms with Gasteiger partial charge in [0.05, 0.1) is 20.3 Å². The van der Waals surface area contributed by atoms with Gasteiger partial charge in [0.2, 0.25) is 0 Å². The molecule has 0 bridgehead atoms. The van der Waals surface area contributed by atoms with E-state index < -0.39 is 0 Å². The fourth-order valence-corrected chi connectivity index (χ4v) is 4.55. The molecule has 1 aromatic carbocycles. The Kier molecular flexibility index (Phi) is 10.5. The quantitative estimate of drug-likeness (QED) is 0.332. The van der Waals surface area contributed by atoms with E-state index in [-0.39, 0.29) is 29.5 Å². The molecule has 6 nitrogen and oxygen atoms in total. The first-order chi connectivity index (χ1) is 13.8. The zero-order valence-electron chi connectivity index (χ0n) is 17.9. The Morgan fingerprint density at radius 1 is 1.14 bits per heavy atom. The number of benzene rings is 1. The highest BCUT2D eigenvalue weighted by Crippen LogP contribution is 2.33. The second kappa shape index (κ2) is 12.6. The van der Waals surface area contributed by atoms with Gasteiger partial charge in [-0.2, -0.15) is 0 Å². The number of aliphatic imine (C=N–C) groups is 1. The minimum absolute atomic E-state index is 0.